The molecule has 22 heavy (non-hydrogen) atoms. The lowest BCUT2D eigenvalue weighted by Gasteiger charge is -2.21. The minimum Gasteiger partial charge on any atom is -0.390 e. The summed E-state index contributed by atoms with van der Waals surface area (Å²) in [6.07, 6.45) is 0.944. The van der Waals surface area contributed by atoms with Crippen LogP contribution >= 0.6 is 11.6 Å². The maximum Gasteiger partial charge on any atom is 0.243 e. The first-order valence-electron chi connectivity index (χ1n) is 7.53. The second-order valence-electron chi connectivity index (χ2n) is 5.12. The zero-order valence-corrected chi connectivity index (χ0v) is 14.7. The number of halogens is 1. The van der Waals surface area contributed by atoms with E-state index in [9.17, 15) is 13.5 Å². The van der Waals surface area contributed by atoms with Crippen LogP contribution < -0.4 is 5.32 Å². The Bertz CT molecular complexity index is 528. The number of hydrogen-bond acceptors (Lipinski definition) is 4. The minimum absolute atomic E-state index is 0.155. The lowest BCUT2D eigenvalue weighted by atomic mass is 10.3. The van der Waals surface area contributed by atoms with E-state index in [0.717, 1.165) is 18.5 Å². The van der Waals surface area contributed by atoms with Crippen LogP contribution in [0.4, 0.5) is 5.69 Å². The van der Waals surface area contributed by atoms with Gasteiger partial charge < -0.3 is 10.4 Å². The van der Waals surface area contributed by atoms with E-state index in [1.54, 1.807) is 24.3 Å². The van der Waals surface area contributed by atoms with Gasteiger partial charge in [0, 0.05) is 25.3 Å². The molecule has 1 rings (SSSR count). The van der Waals surface area contributed by atoms with Crippen molar-refractivity contribution in [1.29, 1.82) is 0 Å². The van der Waals surface area contributed by atoms with Crippen LogP contribution in [0.2, 0.25) is 0 Å². The number of rotatable bonds is 10. The van der Waals surface area contributed by atoms with Crippen LogP contribution in [0.3, 0.4) is 0 Å². The lowest BCUT2D eigenvalue weighted by molar-refractivity contribution is 0.211. The van der Waals surface area contributed by atoms with E-state index in [4.69, 9.17) is 11.6 Å². The van der Waals surface area contributed by atoms with Crippen molar-refractivity contribution in [2.45, 2.75) is 37.7 Å². The predicted octanol–water partition coefficient (Wildman–Crippen LogP) is 2.51. The van der Waals surface area contributed by atoms with Crippen molar-refractivity contribution in [1.82, 2.24) is 4.31 Å². The summed E-state index contributed by atoms with van der Waals surface area (Å²) in [6, 6.07) is 6.57. The predicted molar refractivity (Wildman–Crippen MR) is 91.0 cm³/mol. The maximum absolute atomic E-state index is 12.6. The van der Waals surface area contributed by atoms with Crippen molar-refractivity contribution < 1.29 is 13.5 Å². The third-order valence-electron chi connectivity index (χ3n) is 3.16. The first kappa shape index (κ1) is 19.2. The third kappa shape index (κ3) is 5.43. The summed E-state index contributed by atoms with van der Waals surface area (Å²) in [5, 5.41) is 12.4. The van der Waals surface area contributed by atoms with E-state index < -0.39 is 16.1 Å². The molecule has 0 amide bonds. The normalized spacial score (nSPS) is 13.3. The van der Waals surface area contributed by atoms with Crippen molar-refractivity contribution in [3.63, 3.8) is 0 Å². The summed E-state index contributed by atoms with van der Waals surface area (Å²) in [6.45, 7) is 5.31. The maximum atomic E-state index is 12.6. The molecule has 0 fully saturated rings. The SMILES string of the molecule is CCCN(CCC)S(=O)(=O)c1ccc(NCC(O)CCl)cc1. The molecule has 0 aliphatic heterocycles. The molecule has 0 saturated carbocycles. The van der Waals surface area contributed by atoms with Crippen LogP contribution in [0.15, 0.2) is 29.2 Å². The number of aliphatic hydroxyl groups is 1. The van der Waals surface area contributed by atoms with Crippen LogP contribution in [-0.4, -0.2) is 49.4 Å². The molecule has 0 radical (unpaired) electrons. The Hall–Kier alpha value is -0.820. The third-order valence-corrected chi connectivity index (χ3v) is 5.43. The number of hydrogen-bond donors (Lipinski definition) is 2. The van der Waals surface area contributed by atoms with Gasteiger partial charge in [-0.3, -0.25) is 0 Å². The fourth-order valence-corrected chi connectivity index (χ4v) is 3.77. The van der Waals surface area contributed by atoms with Crippen molar-refractivity contribution in [3.8, 4) is 0 Å². The van der Waals surface area contributed by atoms with Crippen molar-refractivity contribution >= 4 is 27.3 Å². The fraction of sp³-hybridized carbons (Fsp3) is 0.600. The summed E-state index contributed by atoms with van der Waals surface area (Å²) in [5.41, 5.74) is 0.751. The molecular weight excluding hydrogens is 324 g/mol. The topological polar surface area (TPSA) is 69.6 Å². The smallest absolute Gasteiger partial charge is 0.243 e. The van der Waals surface area contributed by atoms with Gasteiger partial charge in [-0.15, -0.1) is 11.6 Å². The molecule has 7 heteroatoms. The first-order valence-corrected chi connectivity index (χ1v) is 9.51. The molecule has 0 heterocycles. The Morgan fingerprint density at radius 3 is 2.18 bits per heavy atom. The number of benzene rings is 1. The number of alkyl halides is 1. The molecular formula is C15H25ClN2O3S. The molecule has 126 valence electrons. The molecule has 0 aliphatic carbocycles. The number of anilines is 1. The Labute approximate surface area is 138 Å². The fourth-order valence-electron chi connectivity index (χ4n) is 2.04. The van der Waals surface area contributed by atoms with Gasteiger partial charge in [-0.2, -0.15) is 4.31 Å². The molecule has 0 spiro atoms. The number of aliphatic hydroxyl groups excluding tert-OH is 1. The monoisotopic (exact) mass is 348 g/mol. The first-order chi connectivity index (χ1) is 10.5. The van der Waals surface area contributed by atoms with E-state index in [1.165, 1.54) is 4.31 Å². The van der Waals surface area contributed by atoms with Gasteiger partial charge in [0.1, 0.15) is 0 Å². The molecule has 0 saturated heterocycles. The van der Waals surface area contributed by atoms with E-state index in [2.05, 4.69) is 5.32 Å². The van der Waals surface area contributed by atoms with E-state index in [-0.39, 0.29) is 10.8 Å². The molecule has 1 aromatic rings. The summed E-state index contributed by atoms with van der Waals surface area (Å²) < 4.78 is 26.7. The Morgan fingerprint density at radius 1 is 1.18 bits per heavy atom. The van der Waals surface area contributed by atoms with Gasteiger partial charge in [-0.05, 0) is 37.1 Å². The van der Waals surface area contributed by atoms with Gasteiger partial charge in [-0.1, -0.05) is 13.8 Å². The second kappa shape index (κ2) is 9.35. The summed E-state index contributed by atoms with van der Waals surface area (Å²) >= 11 is 5.52. The molecule has 0 aliphatic rings. The van der Waals surface area contributed by atoms with Crippen LogP contribution in [0.5, 0.6) is 0 Å². The van der Waals surface area contributed by atoms with Crippen molar-refractivity contribution in [2.24, 2.45) is 0 Å². The van der Waals surface area contributed by atoms with Gasteiger partial charge in [-0.25, -0.2) is 8.42 Å². The van der Waals surface area contributed by atoms with Crippen LogP contribution in [0.1, 0.15) is 26.7 Å². The van der Waals surface area contributed by atoms with Gasteiger partial charge in [0.05, 0.1) is 16.9 Å². The molecule has 1 aromatic carbocycles. The highest BCUT2D eigenvalue weighted by molar-refractivity contribution is 7.89. The largest absolute Gasteiger partial charge is 0.390 e. The molecule has 2 N–H and O–H groups in total. The Kier molecular flexibility index (Phi) is 8.17. The molecule has 1 unspecified atom stereocenters. The number of nitrogens with one attached hydrogen (secondary N) is 1. The lowest BCUT2D eigenvalue weighted by Crippen LogP contribution is -2.32. The zero-order chi connectivity index (χ0) is 16.6. The van der Waals surface area contributed by atoms with Crippen LogP contribution in [0, 0.1) is 0 Å². The molecule has 1 atom stereocenters. The average Bonchev–Trinajstić information content (AvgIpc) is 2.52. The van der Waals surface area contributed by atoms with E-state index >= 15 is 0 Å². The zero-order valence-electron chi connectivity index (χ0n) is 13.1. The quantitative estimate of drug-likeness (QED) is 0.637. The highest BCUT2D eigenvalue weighted by Gasteiger charge is 2.22. The van der Waals surface area contributed by atoms with Crippen LogP contribution in [-0.2, 0) is 10.0 Å². The molecule has 0 aromatic heterocycles. The van der Waals surface area contributed by atoms with E-state index in [1.807, 2.05) is 13.8 Å². The van der Waals surface area contributed by atoms with Gasteiger partial charge in [0.15, 0.2) is 0 Å². The average molecular weight is 349 g/mol. The summed E-state index contributed by atoms with van der Waals surface area (Å²) in [4.78, 5) is 0.290. The number of nitrogens with zero attached hydrogens (tertiary/aromatic N) is 1. The highest BCUT2D eigenvalue weighted by Crippen LogP contribution is 2.19. The number of sulfonamides is 1. The van der Waals surface area contributed by atoms with Crippen molar-refractivity contribution in [2.75, 3.05) is 30.8 Å². The minimum atomic E-state index is -3.44. The molecule has 5 nitrogen and oxygen atoms in total. The Morgan fingerprint density at radius 2 is 1.73 bits per heavy atom. The second-order valence-corrected chi connectivity index (χ2v) is 7.36. The standard InChI is InChI=1S/C15H25ClN2O3S/c1-3-9-18(10-4-2)22(20,21)15-7-5-13(6-8-15)17-12-14(19)11-16/h5-8,14,17,19H,3-4,9-12H2,1-2H3. The molecule has 0 bridgehead atoms. The Balaban J connectivity index is 2.83. The van der Waals surface area contributed by atoms with Crippen LogP contribution in [0.25, 0.3) is 0 Å². The van der Waals surface area contributed by atoms with Gasteiger partial charge in [0.25, 0.3) is 0 Å². The highest BCUT2D eigenvalue weighted by atomic mass is 35.5. The van der Waals surface area contributed by atoms with E-state index in [0.29, 0.717) is 19.6 Å². The summed E-state index contributed by atoms with van der Waals surface area (Å²) in [5.74, 6) is 0.155. The van der Waals surface area contributed by atoms with Crippen molar-refractivity contribution in [3.05, 3.63) is 24.3 Å². The van der Waals surface area contributed by atoms with Gasteiger partial charge in [0.2, 0.25) is 10.0 Å². The van der Waals surface area contributed by atoms with Gasteiger partial charge >= 0.3 is 0 Å². The summed E-state index contributed by atoms with van der Waals surface area (Å²) in [7, 11) is -3.44.